The Balaban J connectivity index is 1.66. The molecule has 0 saturated carbocycles. The number of hydrogen-bond acceptors (Lipinski definition) is 5. The molecule has 0 spiro atoms. The van der Waals surface area contributed by atoms with Crippen LogP contribution in [0.4, 0.5) is 13.2 Å². The van der Waals surface area contributed by atoms with Gasteiger partial charge < -0.3 is 10.2 Å². The molecule has 1 heterocycles. The summed E-state index contributed by atoms with van der Waals surface area (Å²) in [5.41, 5.74) is 0.263. The minimum absolute atomic E-state index is 0.0355. The second kappa shape index (κ2) is 11.4. The van der Waals surface area contributed by atoms with E-state index < -0.39 is 21.8 Å². The molecular formula is C26H34F3N3O3S. The second-order valence-corrected chi connectivity index (χ2v) is 11.9. The average molecular weight is 526 g/mol. The SMILES string of the molecule is CC1CC(C)CN(S(=O)(=O)c2cccc(C(=O)CNCC(c3ccc(C(F)(F)F)cc3)N(C)C)c2)C1. The van der Waals surface area contributed by atoms with Crippen molar-refractivity contribution < 1.29 is 26.4 Å². The highest BCUT2D eigenvalue weighted by Gasteiger charge is 2.32. The highest BCUT2D eigenvalue weighted by atomic mass is 32.2. The van der Waals surface area contributed by atoms with Crippen molar-refractivity contribution >= 4 is 15.8 Å². The normalized spacial score (nSPS) is 20.4. The number of hydrogen-bond donors (Lipinski definition) is 1. The number of nitrogens with one attached hydrogen (secondary N) is 1. The van der Waals surface area contributed by atoms with Crippen LogP contribution in [-0.2, 0) is 16.2 Å². The van der Waals surface area contributed by atoms with Crippen LogP contribution >= 0.6 is 0 Å². The number of benzene rings is 2. The number of likely N-dealkylation sites (N-methyl/N-ethyl adjacent to an activating group) is 1. The highest BCUT2D eigenvalue weighted by molar-refractivity contribution is 7.89. The molecule has 3 rings (SSSR count). The molecule has 2 aromatic rings. The predicted molar refractivity (Wildman–Crippen MR) is 133 cm³/mol. The fourth-order valence-corrected chi connectivity index (χ4v) is 6.42. The summed E-state index contributed by atoms with van der Waals surface area (Å²) in [6.45, 7) is 5.29. The highest BCUT2D eigenvalue weighted by Crippen LogP contribution is 2.30. The first-order valence-electron chi connectivity index (χ1n) is 12.0. The van der Waals surface area contributed by atoms with Crippen LogP contribution in [0.25, 0.3) is 0 Å². The quantitative estimate of drug-likeness (QED) is 0.490. The first kappa shape index (κ1) is 28.3. The summed E-state index contributed by atoms with van der Waals surface area (Å²) >= 11 is 0. The average Bonchev–Trinajstić information content (AvgIpc) is 2.80. The molecule has 36 heavy (non-hydrogen) atoms. The fraction of sp³-hybridized carbons (Fsp3) is 0.500. The summed E-state index contributed by atoms with van der Waals surface area (Å²) in [4.78, 5) is 14.8. The van der Waals surface area contributed by atoms with Crippen LogP contribution in [0.1, 0.15) is 47.8 Å². The molecule has 0 radical (unpaired) electrons. The molecule has 1 aliphatic rings. The molecule has 1 N–H and O–H groups in total. The van der Waals surface area contributed by atoms with Gasteiger partial charge in [0.25, 0.3) is 0 Å². The standard InChI is InChI=1S/C26H34F3N3O3S/c1-18-12-19(2)17-32(16-18)36(34,35)23-7-5-6-21(13-23)25(33)15-30-14-24(31(3)4)20-8-10-22(11-9-20)26(27,28)29/h5-11,13,18-19,24,30H,12,14-17H2,1-4H3. The summed E-state index contributed by atoms with van der Waals surface area (Å²) in [7, 11) is -0.0892. The van der Waals surface area contributed by atoms with Crippen molar-refractivity contribution in [3.63, 3.8) is 0 Å². The molecule has 1 fully saturated rings. The first-order chi connectivity index (χ1) is 16.8. The number of nitrogens with zero attached hydrogens (tertiary/aromatic N) is 2. The van der Waals surface area contributed by atoms with Crippen molar-refractivity contribution in [2.75, 3.05) is 40.3 Å². The summed E-state index contributed by atoms with van der Waals surface area (Å²) < 4.78 is 66.5. The summed E-state index contributed by atoms with van der Waals surface area (Å²) in [6, 6.07) is 10.8. The van der Waals surface area contributed by atoms with E-state index in [1.807, 2.05) is 32.8 Å². The predicted octanol–water partition coefficient (Wildman–Crippen LogP) is 4.45. The molecule has 6 nitrogen and oxygen atoms in total. The lowest BCUT2D eigenvalue weighted by atomic mass is 9.94. The largest absolute Gasteiger partial charge is 0.416 e. The number of carbonyl (C=O) groups excluding carboxylic acids is 1. The zero-order valence-electron chi connectivity index (χ0n) is 21.0. The van der Waals surface area contributed by atoms with Gasteiger partial charge in [-0.2, -0.15) is 17.5 Å². The molecule has 0 bridgehead atoms. The Kier molecular flexibility index (Phi) is 8.97. The van der Waals surface area contributed by atoms with Crippen LogP contribution < -0.4 is 5.32 Å². The Bertz CT molecular complexity index is 1140. The number of sulfonamides is 1. The molecule has 0 aromatic heterocycles. The Hall–Kier alpha value is -2.27. The number of carbonyl (C=O) groups is 1. The van der Waals surface area contributed by atoms with Gasteiger partial charge in [0.05, 0.1) is 17.0 Å². The lowest BCUT2D eigenvalue weighted by molar-refractivity contribution is -0.137. The van der Waals surface area contributed by atoms with E-state index in [-0.39, 0.29) is 40.7 Å². The first-order valence-corrected chi connectivity index (χ1v) is 13.4. The van der Waals surface area contributed by atoms with Gasteiger partial charge in [0.15, 0.2) is 5.78 Å². The third-order valence-corrected chi connectivity index (χ3v) is 8.33. The molecule has 3 atom stereocenters. The number of ketones is 1. The molecule has 2 aromatic carbocycles. The minimum Gasteiger partial charge on any atom is -0.308 e. The van der Waals surface area contributed by atoms with Crippen LogP contribution in [-0.4, -0.2) is 63.7 Å². The lowest BCUT2D eigenvalue weighted by Crippen LogP contribution is -2.42. The van der Waals surface area contributed by atoms with Crippen LogP contribution in [0.3, 0.4) is 0 Å². The van der Waals surface area contributed by atoms with Gasteiger partial charge in [0, 0.05) is 31.2 Å². The Morgan fingerprint density at radius 3 is 2.25 bits per heavy atom. The van der Waals surface area contributed by atoms with E-state index in [4.69, 9.17) is 0 Å². The second-order valence-electron chi connectivity index (χ2n) is 9.95. The fourth-order valence-electron chi connectivity index (χ4n) is 4.70. The van der Waals surface area contributed by atoms with E-state index in [2.05, 4.69) is 5.32 Å². The molecule has 1 saturated heterocycles. The van der Waals surface area contributed by atoms with E-state index in [0.717, 1.165) is 18.6 Å². The van der Waals surface area contributed by atoms with Gasteiger partial charge in [-0.15, -0.1) is 0 Å². The van der Waals surface area contributed by atoms with Crippen molar-refractivity contribution in [1.29, 1.82) is 0 Å². The van der Waals surface area contributed by atoms with Gasteiger partial charge in [-0.05, 0) is 62.2 Å². The Morgan fingerprint density at radius 2 is 1.69 bits per heavy atom. The molecule has 10 heteroatoms. The number of halogens is 3. The van der Waals surface area contributed by atoms with Gasteiger partial charge >= 0.3 is 6.18 Å². The zero-order chi connectivity index (χ0) is 26.7. The van der Waals surface area contributed by atoms with Gasteiger partial charge in [-0.1, -0.05) is 38.1 Å². The summed E-state index contributed by atoms with van der Waals surface area (Å²) in [6.07, 6.45) is -3.42. The Labute approximate surface area is 211 Å². The van der Waals surface area contributed by atoms with Crippen LogP contribution in [0.15, 0.2) is 53.4 Å². The van der Waals surface area contributed by atoms with Crippen LogP contribution in [0.5, 0.6) is 0 Å². The molecular weight excluding hydrogens is 491 g/mol. The van der Waals surface area contributed by atoms with Gasteiger partial charge in [0.2, 0.25) is 10.0 Å². The summed E-state index contributed by atoms with van der Waals surface area (Å²) in [5.74, 6) is 0.274. The van der Waals surface area contributed by atoms with Crippen LogP contribution in [0, 0.1) is 11.8 Å². The third kappa shape index (κ3) is 6.94. The minimum atomic E-state index is -4.40. The van der Waals surface area contributed by atoms with E-state index in [9.17, 15) is 26.4 Å². The maximum Gasteiger partial charge on any atom is 0.416 e. The number of rotatable bonds is 9. The molecule has 0 aliphatic carbocycles. The third-order valence-electron chi connectivity index (χ3n) is 6.50. The van der Waals surface area contributed by atoms with Crippen LogP contribution in [0.2, 0.25) is 0 Å². The molecule has 1 aliphatic heterocycles. The van der Waals surface area contributed by atoms with Crippen molar-refractivity contribution in [2.45, 2.75) is 37.4 Å². The molecule has 0 amide bonds. The lowest BCUT2D eigenvalue weighted by Gasteiger charge is -2.34. The summed E-state index contributed by atoms with van der Waals surface area (Å²) in [5, 5.41) is 3.07. The zero-order valence-corrected chi connectivity index (χ0v) is 21.9. The maximum absolute atomic E-state index is 13.2. The van der Waals surface area contributed by atoms with Gasteiger partial charge in [-0.25, -0.2) is 8.42 Å². The number of piperidine rings is 1. The maximum atomic E-state index is 13.2. The number of Topliss-reactive ketones (excluding diaryl/α,β-unsaturated/α-hetero) is 1. The molecule has 3 unspecified atom stereocenters. The van der Waals surface area contributed by atoms with E-state index >= 15 is 0 Å². The number of alkyl halides is 3. The molecule has 198 valence electrons. The van der Waals surface area contributed by atoms with Gasteiger partial charge in [-0.3, -0.25) is 4.79 Å². The van der Waals surface area contributed by atoms with Crippen molar-refractivity contribution in [3.8, 4) is 0 Å². The monoisotopic (exact) mass is 525 g/mol. The smallest absolute Gasteiger partial charge is 0.308 e. The Morgan fingerprint density at radius 1 is 1.08 bits per heavy atom. The van der Waals surface area contributed by atoms with Crippen molar-refractivity contribution in [1.82, 2.24) is 14.5 Å². The topological polar surface area (TPSA) is 69.7 Å². The van der Waals surface area contributed by atoms with E-state index in [1.165, 1.54) is 28.6 Å². The van der Waals surface area contributed by atoms with Gasteiger partial charge in [0.1, 0.15) is 0 Å². The van der Waals surface area contributed by atoms with E-state index in [1.54, 1.807) is 12.1 Å². The van der Waals surface area contributed by atoms with E-state index in [0.29, 0.717) is 25.2 Å². The van der Waals surface area contributed by atoms with Crippen molar-refractivity contribution in [3.05, 3.63) is 65.2 Å². The van der Waals surface area contributed by atoms with Crippen molar-refractivity contribution in [2.24, 2.45) is 11.8 Å².